The minimum Gasteiger partial charge on any atom is -0.342 e. The molecule has 1 aromatic heterocycles. The fraction of sp³-hybridized carbons (Fsp3) is 0.533. The van der Waals surface area contributed by atoms with Crippen LogP contribution in [-0.4, -0.2) is 33.8 Å². The van der Waals surface area contributed by atoms with Gasteiger partial charge < -0.3 is 10.2 Å². The number of hydrogen-bond acceptors (Lipinski definition) is 3. The highest BCUT2D eigenvalue weighted by Gasteiger charge is 2.41. The van der Waals surface area contributed by atoms with Crippen molar-refractivity contribution >= 4 is 23.4 Å². The van der Waals surface area contributed by atoms with E-state index in [1.165, 1.54) is 0 Å². The van der Waals surface area contributed by atoms with Crippen LogP contribution < -0.4 is 5.32 Å². The van der Waals surface area contributed by atoms with E-state index in [0.29, 0.717) is 37.4 Å². The molecule has 0 unspecified atom stereocenters. The van der Waals surface area contributed by atoms with Gasteiger partial charge in [0.1, 0.15) is 5.54 Å². The third kappa shape index (κ3) is 3.18. The van der Waals surface area contributed by atoms with Crippen molar-refractivity contribution in [3.05, 3.63) is 29.0 Å². The second-order valence-electron chi connectivity index (χ2n) is 5.28. The van der Waals surface area contributed by atoms with Gasteiger partial charge in [-0.15, -0.1) is 0 Å². The SMILES string of the molecule is CCC1(CC)NC(=O)CCN(Cc2ccncc2Cl)C1=O. The minimum absolute atomic E-state index is 0.0359. The Balaban J connectivity index is 2.28. The first kappa shape index (κ1) is 15.8. The molecule has 1 aliphatic rings. The molecule has 1 saturated heterocycles. The molecule has 114 valence electrons. The van der Waals surface area contributed by atoms with Gasteiger partial charge >= 0.3 is 0 Å². The lowest BCUT2D eigenvalue weighted by molar-refractivity contribution is -0.139. The fourth-order valence-electron chi connectivity index (χ4n) is 2.64. The van der Waals surface area contributed by atoms with Crippen LogP contribution in [0.1, 0.15) is 38.7 Å². The van der Waals surface area contributed by atoms with Crippen molar-refractivity contribution in [2.75, 3.05) is 6.54 Å². The number of halogens is 1. The molecule has 0 aromatic carbocycles. The number of nitrogens with zero attached hydrogens (tertiary/aromatic N) is 2. The highest BCUT2D eigenvalue weighted by atomic mass is 35.5. The quantitative estimate of drug-likeness (QED) is 0.927. The Labute approximate surface area is 129 Å². The van der Waals surface area contributed by atoms with Crippen LogP contribution in [0.15, 0.2) is 18.5 Å². The zero-order valence-corrected chi connectivity index (χ0v) is 13.1. The van der Waals surface area contributed by atoms with Gasteiger partial charge in [0.2, 0.25) is 11.8 Å². The maximum Gasteiger partial charge on any atom is 0.248 e. The largest absolute Gasteiger partial charge is 0.342 e. The van der Waals surface area contributed by atoms with E-state index in [1.54, 1.807) is 23.4 Å². The predicted molar refractivity (Wildman–Crippen MR) is 80.7 cm³/mol. The summed E-state index contributed by atoms with van der Waals surface area (Å²) in [4.78, 5) is 30.4. The average Bonchev–Trinajstić information content (AvgIpc) is 2.61. The molecular formula is C15H20ClN3O2. The molecular weight excluding hydrogens is 290 g/mol. The summed E-state index contributed by atoms with van der Waals surface area (Å²) >= 11 is 6.12. The number of carbonyl (C=O) groups excluding carboxylic acids is 2. The topological polar surface area (TPSA) is 62.3 Å². The lowest BCUT2D eigenvalue weighted by atomic mass is 9.91. The lowest BCUT2D eigenvalue weighted by Crippen LogP contribution is -2.56. The molecule has 1 fully saturated rings. The molecule has 0 aliphatic carbocycles. The Hall–Kier alpha value is -1.62. The van der Waals surface area contributed by atoms with E-state index in [9.17, 15) is 9.59 Å². The van der Waals surface area contributed by atoms with Gasteiger partial charge in [-0.1, -0.05) is 25.4 Å². The van der Waals surface area contributed by atoms with E-state index in [2.05, 4.69) is 10.3 Å². The lowest BCUT2D eigenvalue weighted by Gasteiger charge is -2.33. The highest BCUT2D eigenvalue weighted by molar-refractivity contribution is 6.31. The molecule has 5 nitrogen and oxygen atoms in total. The molecule has 2 heterocycles. The van der Waals surface area contributed by atoms with Crippen LogP contribution in [0.2, 0.25) is 5.02 Å². The molecule has 1 N–H and O–H groups in total. The fourth-order valence-corrected chi connectivity index (χ4v) is 2.82. The highest BCUT2D eigenvalue weighted by Crippen LogP contribution is 2.24. The first-order chi connectivity index (χ1) is 10.0. The molecule has 2 amide bonds. The summed E-state index contributed by atoms with van der Waals surface area (Å²) in [6.07, 6.45) is 4.69. The maximum atomic E-state index is 12.8. The van der Waals surface area contributed by atoms with Crippen LogP contribution in [0.4, 0.5) is 0 Å². The van der Waals surface area contributed by atoms with Gasteiger partial charge in [0.25, 0.3) is 0 Å². The number of carbonyl (C=O) groups is 2. The van der Waals surface area contributed by atoms with E-state index in [4.69, 9.17) is 11.6 Å². The standard InChI is InChI=1S/C15H20ClN3O2/c1-3-15(4-2)14(21)19(8-6-13(20)18-15)10-11-5-7-17-9-12(11)16/h5,7,9H,3-4,6,8,10H2,1-2H3,(H,18,20). The Morgan fingerprint density at radius 2 is 2.10 bits per heavy atom. The summed E-state index contributed by atoms with van der Waals surface area (Å²) < 4.78 is 0. The van der Waals surface area contributed by atoms with Crippen LogP contribution in [0.3, 0.4) is 0 Å². The average molecular weight is 310 g/mol. The van der Waals surface area contributed by atoms with E-state index >= 15 is 0 Å². The molecule has 2 rings (SSSR count). The van der Waals surface area contributed by atoms with E-state index in [1.807, 2.05) is 13.8 Å². The first-order valence-electron chi connectivity index (χ1n) is 7.21. The normalized spacial score (nSPS) is 18.3. The van der Waals surface area contributed by atoms with Crippen LogP contribution in [0.5, 0.6) is 0 Å². The van der Waals surface area contributed by atoms with Gasteiger partial charge in [-0.05, 0) is 24.5 Å². The molecule has 0 saturated carbocycles. The van der Waals surface area contributed by atoms with E-state index in [-0.39, 0.29) is 11.8 Å². The molecule has 0 bridgehead atoms. The summed E-state index contributed by atoms with van der Waals surface area (Å²) in [5.74, 6) is -0.110. The van der Waals surface area contributed by atoms with E-state index in [0.717, 1.165) is 5.56 Å². The molecule has 1 aliphatic heterocycles. The van der Waals surface area contributed by atoms with Crippen LogP contribution in [-0.2, 0) is 16.1 Å². The minimum atomic E-state index is -0.799. The van der Waals surface area contributed by atoms with Crippen LogP contribution >= 0.6 is 11.6 Å². The smallest absolute Gasteiger partial charge is 0.248 e. The summed E-state index contributed by atoms with van der Waals surface area (Å²) in [6.45, 7) is 4.65. The number of nitrogens with one attached hydrogen (secondary N) is 1. The second-order valence-corrected chi connectivity index (χ2v) is 5.69. The number of rotatable bonds is 4. The van der Waals surface area contributed by atoms with Crippen LogP contribution in [0.25, 0.3) is 0 Å². The van der Waals surface area contributed by atoms with Gasteiger partial charge in [-0.25, -0.2) is 0 Å². The number of pyridine rings is 1. The van der Waals surface area contributed by atoms with Crippen molar-refractivity contribution in [1.29, 1.82) is 0 Å². The Morgan fingerprint density at radius 1 is 1.38 bits per heavy atom. The van der Waals surface area contributed by atoms with Crippen molar-refractivity contribution in [3.8, 4) is 0 Å². The van der Waals surface area contributed by atoms with Crippen molar-refractivity contribution in [2.45, 2.75) is 45.2 Å². The van der Waals surface area contributed by atoms with Gasteiger partial charge in [-0.3, -0.25) is 14.6 Å². The van der Waals surface area contributed by atoms with Crippen molar-refractivity contribution < 1.29 is 9.59 Å². The molecule has 1 aromatic rings. The zero-order chi connectivity index (χ0) is 15.5. The summed E-state index contributed by atoms with van der Waals surface area (Å²) in [5, 5.41) is 3.43. The van der Waals surface area contributed by atoms with Crippen molar-refractivity contribution in [2.24, 2.45) is 0 Å². The molecule has 21 heavy (non-hydrogen) atoms. The van der Waals surface area contributed by atoms with Gasteiger partial charge in [0.15, 0.2) is 0 Å². The molecule has 0 spiro atoms. The first-order valence-corrected chi connectivity index (χ1v) is 7.59. The summed E-state index contributed by atoms with van der Waals surface area (Å²) in [5.41, 5.74) is 0.0445. The summed E-state index contributed by atoms with van der Waals surface area (Å²) in [6, 6.07) is 1.80. The van der Waals surface area contributed by atoms with Gasteiger partial charge in [0.05, 0.1) is 5.02 Å². The predicted octanol–water partition coefficient (Wildman–Crippen LogP) is 2.14. The third-order valence-corrected chi connectivity index (χ3v) is 4.45. The van der Waals surface area contributed by atoms with E-state index < -0.39 is 5.54 Å². The van der Waals surface area contributed by atoms with Gasteiger partial charge in [-0.2, -0.15) is 0 Å². The molecule has 6 heteroatoms. The number of amides is 2. The zero-order valence-electron chi connectivity index (χ0n) is 12.4. The van der Waals surface area contributed by atoms with Gasteiger partial charge in [0, 0.05) is 31.9 Å². The molecule has 0 radical (unpaired) electrons. The maximum absolute atomic E-state index is 12.8. The Morgan fingerprint density at radius 3 is 2.71 bits per heavy atom. The molecule has 0 atom stereocenters. The van der Waals surface area contributed by atoms with Crippen LogP contribution in [0, 0.1) is 0 Å². The Kier molecular flexibility index (Phi) is 4.83. The number of hydrogen-bond donors (Lipinski definition) is 1. The Bertz CT molecular complexity index is 543. The third-order valence-electron chi connectivity index (χ3n) is 4.11. The summed E-state index contributed by atoms with van der Waals surface area (Å²) in [7, 11) is 0. The van der Waals surface area contributed by atoms with Crippen molar-refractivity contribution in [1.82, 2.24) is 15.2 Å². The number of aromatic nitrogens is 1. The monoisotopic (exact) mass is 309 g/mol. The second kappa shape index (κ2) is 6.43. The van der Waals surface area contributed by atoms with Crippen molar-refractivity contribution in [3.63, 3.8) is 0 Å².